The first-order valence-electron chi connectivity index (χ1n) is 5.58. The van der Waals surface area contributed by atoms with Crippen molar-refractivity contribution in [2.45, 2.75) is 46.0 Å². The largest absolute Gasteiger partial charge is 0.395 e. The fraction of sp³-hybridized carbons (Fsp3) is 0.909. The summed E-state index contributed by atoms with van der Waals surface area (Å²) in [5, 5.41) is 11.1. The number of nitrogens with one attached hydrogen (secondary N) is 1. The molecule has 0 saturated heterocycles. The summed E-state index contributed by atoms with van der Waals surface area (Å²) in [6, 6.07) is 0. The summed E-state index contributed by atoms with van der Waals surface area (Å²) in [7, 11) is 0. The molecule has 3 nitrogen and oxygen atoms in total. The molecule has 1 atom stereocenters. The lowest BCUT2D eigenvalue weighted by molar-refractivity contribution is -0.121. The Morgan fingerprint density at radius 2 is 2.14 bits per heavy atom. The minimum atomic E-state index is 0.0249. The van der Waals surface area contributed by atoms with Gasteiger partial charge in [0.05, 0.1) is 6.61 Å². The van der Waals surface area contributed by atoms with E-state index in [2.05, 4.69) is 19.2 Å². The van der Waals surface area contributed by atoms with Crippen molar-refractivity contribution in [1.82, 2.24) is 5.32 Å². The molecule has 0 heterocycles. The highest BCUT2D eigenvalue weighted by Gasteiger charge is 2.05. The third-order valence-electron chi connectivity index (χ3n) is 2.35. The van der Waals surface area contributed by atoms with Crippen molar-refractivity contribution >= 4 is 5.91 Å². The van der Waals surface area contributed by atoms with Crippen molar-refractivity contribution in [2.75, 3.05) is 13.2 Å². The molecular weight excluding hydrogens is 178 g/mol. The quantitative estimate of drug-likeness (QED) is 0.628. The monoisotopic (exact) mass is 201 g/mol. The predicted molar refractivity (Wildman–Crippen MR) is 58.0 cm³/mol. The Hall–Kier alpha value is -0.570. The van der Waals surface area contributed by atoms with Crippen molar-refractivity contribution < 1.29 is 9.90 Å². The van der Waals surface area contributed by atoms with Crippen LogP contribution in [0.2, 0.25) is 0 Å². The van der Waals surface area contributed by atoms with Crippen molar-refractivity contribution in [1.29, 1.82) is 0 Å². The Labute approximate surface area is 86.9 Å². The Balaban J connectivity index is 3.36. The maximum absolute atomic E-state index is 11.2. The summed E-state index contributed by atoms with van der Waals surface area (Å²) >= 11 is 0. The Morgan fingerprint density at radius 1 is 1.43 bits per heavy atom. The number of aliphatic hydroxyl groups excluding tert-OH is 1. The molecule has 0 unspecified atom stereocenters. The molecule has 1 amide bonds. The number of aliphatic hydroxyl groups is 1. The number of unbranched alkanes of at least 4 members (excludes halogenated alkanes) is 1. The lowest BCUT2D eigenvalue weighted by Crippen LogP contribution is -2.26. The summed E-state index contributed by atoms with van der Waals surface area (Å²) in [6.45, 7) is 4.77. The van der Waals surface area contributed by atoms with E-state index < -0.39 is 0 Å². The van der Waals surface area contributed by atoms with Gasteiger partial charge in [-0.25, -0.2) is 0 Å². The number of carbonyl (C=O) groups is 1. The standard InChI is InChI=1S/C11H23NO2/c1-3-4-5-10(2)6-7-11(14)12-8-9-13/h10,13H,3-9H2,1-2H3,(H,12,14)/t10-/m1/s1. The molecule has 0 radical (unpaired) electrons. The van der Waals surface area contributed by atoms with Gasteiger partial charge >= 0.3 is 0 Å². The molecule has 2 N–H and O–H groups in total. The van der Waals surface area contributed by atoms with Gasteiger partial charge in [0.15, 0.2) is 0 Å². The first-order valence-corrected chi connectivity index (χ1v) is 5.58. The molecule has 0 aliphatic rings. The van der Waals surface area contributed by atoms with Crippen LogP contribution >= 0.6 is 0 Å². The van der Waals surface area contributed by atoms with Crippen LogP contribution in [0.15, 0.2) is 0 Å². The van der Waals surface area contributed by atoms with Crippen molar-refractivity contribution in [3.05, 3.63) is 0 Å². The van der Waals surface area contributed by atoms with Crippen molar-refractivity contribution in [2.24, 2.45) is 5.92 Å². The maximum Gasteiger partial charge on any atom is 0.220 e. The van der Waals surface area contributed by atoms with Crippen LogP contribution in [0.1, 0.15) is 46.0 Å². The average Bonchev–Trinajstić information content (AvgIpc) is 2.20. The molecule has 14 heavy (non-hydrogen) atoms. The fourth-order valence-corrected chi connectivity index (χ4v) is 1.36. The lowest BCUT2D eigenvalue weighted by atomic mass is 9.99. The first-order chi connectivity index (χ1) is 6.70. The molecule has 0 aliphatic carbocycles. The molecule has 3 heteroatoms. The van der Waals surface area contributed by atoms with Crippen LogP contribution < -0.4 is 5.32 Å². The van der Waals surface area contributed by atoms with Gasteiger partial charge in [-0.15, -0.1) is 0 Å². The lowest BCUT2D eigenvalue weighted by Gasteiger charge is -2.10. The van der Waals surface area contributed by atoms with Gasteiger partial charge in [-0.3, -0.25) is 4.79 Å². The average molecular weight is 201 g/mol. The third-order valence-corrected chi connectivity index (χ3v) is 2.35. The van der Waals surface area contributed by atoms with E-state index in [0.29, 0.717) is 18.9 Å². The van der Waals surface area contributed by atoms with Gasteiger partial charge in [0.1, 0.15) is 0 Å². The molecule has 0 aliphatic heterocycles. The van der Waals surface area contributed by atoms with Crippen LogP contribution in [0.4, 0.5) is 0 Å². The minimum Gasteiger partial charge on any atom is -0.395 e. The van der Waals surface area contributed by atoms with E-state index in [1.807, 2.05) is 0 Å². The maximum atomic E-state index is 11.2. The van der Waals surface area contributed by atoms with E-state index in [4.69, 9.17) is 5.11 Å². The minimum absolute atomic E-state index is 0.0249. The molecule has 0 aromatic carbocycles. The third kappa shape index (κ3) is 8.05. The van der Waals surface area contributed by atoms with Crippen LogP contribution in [-0.4, -0.2) is 24.2 Å². The summed E-state index contributed by atoms with van der Waals surface area (Å²) in [5.74, 6) is 0.692. The number of hydrogen-bond donors (Lipinski definition) is 2. The van der Waals surface area contributed by atoms with E-state index in [1.165, 1.54) is 19.3 Å². The topological polar surface area (TPSA) is 49.3 Å². The molecule has 0 rings (SSSR count). The number of carbonyl (C=O) groups excluding carboxylic acids is 1. The molecule has 0 aromatic rings. The van der Waals surface area contributed by atoms with E-state index in [-0.39, 0.29) is 12.5 Å². The highest BCUT2D eigenvalue weighted by Crippen LogP contribution is 2.13. The second kappa shape index (κ2) is 9.00. The van der Waals surface area contributed by atoms with Crippen LogP contribution in [0.3, 0.4) is 0 Å². The van der Waals surface area contributed by atoms with Gasteiger partial charge in [0.25, 0.3) is 0 Å². The summed E-state index contributed by atoms with van der Waals surface area (Å²) in [4.78, 5) is 11.2. The number of hydrogen-bond acceptors (Lipinski definition) is 2. The van der Waals surface area contributed by atoms with Gasteiger partial charge in [-0.05, 0) is 12.3 Å². The van der Waals surface area contributed by atoms with Gasteiger partial charge < -0.3 is 10.4 Å². The zero-order valence-corrected chi connectivity index (χ0v) is 9.38. The second-order valence-corrected chi connectivity index (χ2v) is 3.86. The van der Waals surface area contributed by atoms with E-state index >= 15 is 0 Å². The normalized spacial score (nSPS) is 12.5. The Bertz CT molecular complexity index is 148. The first kappa shape index (κ1) is 13.4. The molecule has 0 aromatic heterocycles. The highest BCUT2D eigenvalue weighted by atomic mass is 16.3. The van der Waals surface area contributed by atoms with Crippen molar-refractivity contribution in [3.8, 4) is 0 Å². The molecule has 0 fully saturated rings. The zero-order chi connectivity index (χ0) is 10.8. The highest BCUT2D eigenvalue weighted by molar-refractivity contribution is 5.75. The van der Waals surface area contributed by atoms with Gasteiger partial charge in [0.2, 0.25) is 5.91 Å². The van der Waals surface area contributed by atoms with Crippen LogP contribution in [0.5, 0.6) is 0 Å². The second-order valence-electron chi connectivity index (χ2n) is 3.86. The summed E-state index contributed by atoms with van der Waals surface area (Å²) in [5.41, 5.74) is 0. The van der Waals surface area contributed by atoms with E-state index in [0.717, 1.165) is 6.42 Å². The molecule has 84 valence electrons. The zero-order valence-electron chi connectivity index (χ0n) is 9.38. The van der Waals surface area contributed by atoms with Crippen LogP contribution in [-0.2, 0) is 4.79 Å². The molecule has 0 spiro atoms. The fourth-order valence-electron chi connectivity index (χ4n) is 1.36. The molecule has 0 saturated carbocycles. The molecule has 0 bridgehead atoms. The number of amides is 1. The predicted octanol–water partition coefficient (Wildman–Crippen LogP) is 1.70. The van der Waals surface area contributed by atoms with Crippen molar-refractivity contribution in [3.63, 3.8) is 0 Å². The summed E-state index contributed by atoms with van der Waals surface area (Å²) in [6.07, 6.45) is 5.23. The Morgan fingerprint density at radius 3 is 2.71 bits per heavy atom. The Kier molecular flexibility index (Phi) is 8.64. The SMILES string of the molecule is CCCC[C@@H](C)CCC(=O)NCCO. The van der Waals surface area contributed by atoms with Gasteiger partial charge in [0, 0.05) is 13.0 Å². The summed E-state index contributed by atoms with van der Waals surface area (Å²) < 4.78 is 0. The van der Waals surface area contributed by atoms with Crippen LogP contribution in [0, 0.1) is 5.92 Å². The van der Waals surface area contributed by atoms with Crippen LogP contribution in [0.25, 0.3) is 0 Å². The van der Waals surface area contributed by atoms with E-state index in [1.54, 1.807) is 0 Å². The molecular formula is C11H23NO2. The van der Waals surface area contributed by atoms with E-state index in [9.17, 15) is 4.79 Å². The van der Waals surface area contributed by atoms with Gasteiger partial charge in [-0.1, -0.05) is 33.1 Å². The number of rotatable bonds is 8. The van der Waals surface area contributed by atoms with Gasteiger partial charge in [-0.2, -0.15) is 0 Å². The smallest absolute Gasteiger partial charge is 0.220 e.